The zero-order chi connectivity index (χ0) is 32.5. The summed E-state index contributed by atoms with van der Waals surface area (Å²) in [6, 6.07) is 9.76. The molecule has 1 aliphatic heterocycles. The second-order valence-corrected chi connectivity index (χ2v) is 17.8. The average Bonchev–Trinajstić information content (AvgIpc) is 3.50. The molecule has 7 nitrogen and oxygen atoms in total. The predicted molar refractivity (Wildman–Crippen MR) is 173 cm³/mol. The van der Waals surface area contributed by atoms with Crippen LogP contribution in [-0.4, -0.2) is 54.5 Å². The van der Waals surface area contributed by atoms with Gasteiger partial charge in [-0.25, -0.2) is 9.48 Å². The third-order valence-electron chi connectivity index (χ3n) is 14.5. The summed E-state index contributed by atoms with van der Waals surface area (Å²) in [5.41, 5.74) is 0.749. The summed E-state index contributed by atoms with van der Waals surface area (Å²) in [6.45, 7) is 18.1. The van der Waals surface area contributed by atoms with Crippen molar-refractivity contribution in [3.63, 3.8) is 0 Å². The molecule has 1 aromatic heterocycles. The van der Waals surface area contributed by atoms with Crippen LogP contribution in [0, 0.1) is 39.9 Å². The number of benzene rings is 1. The Morgan fingerprint density at radius 3 is 2.27 bits per heavy atom. The number of rotatable bonds is 3. The first-order chi connectivity index (χ1) is 20.9. The molecule has 2 aromatic rings. The minimum atomic E-state index is -1.02. The van der Waals surface area contributed by atoms with Crippen LogP contribution in [0.4, 0.5) is 0 Å². The summed E-state index contributed by atoms with van der Waals surface area (Å²) in [5.74, 6) is -0.682. The molecule has 10 atom stereocenters. The first-order valence-electron chi connectivity index (χ1n) is 17.4. The van der Waals surface area contributed by atoms with Crippen molar-refractivity contribution in [2.75, 3.05) is 0 Å². The van der Waals surface area contributed by atoms with Crippen LogP contribution in [0.25, 0.3) is 5.69 Å². The molecule has 7 rings (SSSR count). The molecule has 7 heteroatoms. The highest BCUT2D eigenvalue weighted by molar-refractivity contribution is 5.88. The van der Waals surface area contributed by atoms with E-state index in [4.69, 9.17) is 9.84 Å². The van der Waals surface area contributed by atoms with Gasteiger partial charge < -0.3 is 20.1 Å². The number of carboxylic acids is 1. The maximum Gasteiger partial charge on any atom is 0.356 e. The summed E-state index contributed by atoms with van der Waals surface area (Å²) >= 11 is 0. The average molecular weight is 619 g/mol. The Hall–Kier alpha value is -2.22. The zero-order valence-corrected chi connectivity index (χ0v) is 28.6. The normalized spacial score (nSPS) is 44.8. The smallest absolute Gasteiger partial charge is 0.356 e. The van der Waals surface area contributed by atoms with E-state index in [0.717, 1.165) is 49.0 Å². The van der Waals surface area contributed by atoms with Crippen LogP contribution in [0.5, 0.6) is 0 Å². The fourth-order valence-electron chi connectivity index (χ4n) is 13.1. The molecule has 246 valence electrons. The molecule has 5 aliphatic rings. The monoisotopic (exact) mass is 618 g/mol. The maximum absolute atomic E-state index is 12.7. The molecule has 0 bridgehead atoms. The number of fused-ring (bicyclic) bond motifs is 6. The summed E-state index contributed by atoms with van der Waals surface area (Å²) < 4.78 is 8.72. The molecule has 3 N–H and O–H groups in total. The quantitative estimate of drug-likeness (QED) is 0.344. The Balaban J connectivity index is 1.34. The summed E-state index contributed by atoms with van der Waals surface area (Å²) in [6.07, 6.45) is 6.04. The summed E-state index contributed by atoms with van der Waals surface area (Å²) in [4.78, 5) is 12.7. The fourth-order valence-corrected chi connectivity index (χ4v) is 13.1. The topological polar surface area (TPSA) is 105 Å². The van der Waals surface area contributed by atoms with Crippen LogP contribution in [0.1, 0.15) is 122 Å². The van der Waals surface area contributed by atoms with Gasteiger partial charge in [0.1, 0.15) is 0 Å². The lowest BCUT2D eigenvalue weighted by Gasteiger charge is -2.71. The lowest BCUT2D eigenvalue weighted by molar-refractivity contribution is -0.259. The minimum Gasteiger partial charge on any atom is -0.476 e. The van der Waals surface area contributed by atoms with E-state index >= 15 is 0 Å². The van der Waals surface area contributed by atoms with E-state index in [1.165, 1.54) is 0 Å². The predicted octanol–water partition coefficient (Wildman–Crippen LogP) is 6.95. The van der Waals surface area contributed by atoms with Gasteiger partial charge in [-0.05, 0) is 118 Å². The third kappa shape index (κ3) is 4.11. The van der Waals surface area contributed by atoms with Crippen molar-refractivity contribution in [3.8, 4) is 5.69 Å². The van der Waals surface area contributed by atoms with Crippen molar-refractivity contribution in [1.82, 2.24) is 9.78 Å². The van der Waals surface area contributed by atoms with E-state index in [1.807, 2.05) is 35.0 Å². The highest BCUT2D eigenvalue weighted by Gasteiger charge is 2.73. The third-order valence-corrected chi connectivity index (χ3v) is 14.5. The highest BCUT2D eigenvalue weighted by Crippen LogP contribution is 2.75. The molecule has 1 aromatic carbocycles. The number of aromatic carboxylic acids is 1. The van der Waals surface area contributed by atoms with Gasteiger partial charge in [-0.15, -0.1) is 0 Å². The molecular weight excluding hydrogens is 564 g/mol. The molecule has 45 heavy (non-hydrogen) atoms. The van der Waals surface area contributed by atoms with E-state index in [1.54, 1.807) is 0 Å². The van der Waals surface area contributed by atoms with Gasteiger partial charge in [-0.2, -0.15) is 5.10 Å². The highest BCUT2D eigenvalue weighted by atomic mass is 16.5. The zero-order valence-electron chi connectivity index (χ0n) is 28.6. The van der Waals surface area contributed by atoms with Crippen molar-refractivity contribution >= 4 is 5.97 Å². The number of hydrogen-bond donors (Lipinski definition) is 3. The molecule has 1 saturated heterocycles. The van der Waals surface area contributed by atoms with Crippen molar-refractivity contribution in [3.05, 3.63) is 47.3 Å². The lowest BCUT2D eigenvalue weighted by atomic mass is 9.34. The van der Waals surface area contributed by atoms with E-state index in [0.29, 0.717) is 19.3 Å². The van der Waals surface area contributed by atoms with Gasteiger partial charge in [0.2, 0.25) is 0 Å². The number of hydrogen-bond acceptors (Lipinski definition) is 5. The standard InChI is InChI=1S/C38H54N2O5/c1-33(2)16-12-17-38(8,45-33)24-15-18-36(6)28(24)25(41)19-27-35(5)20-23-29(32(43)44)39-40(22-13-10-9-11-14-22)31(23)34(3,4)30(35)26(42)21-37(27,36)7/h9-11,13-14,24-28,30,41-42H,12,15-21H2,1-8H3,(H,43,44)/t24-,25+,26+,27+,28-,30-,35+,36+,37+,38+/m0/s1. The molecular formula is C38H54N2O5. The number of nitrogens with zero attached hydrogens (tertiary/aromatic N) is 2. The number of ether oxygens (including phenoxy) is 1. The molecule has 3 saturated carbocycles. The van der Waals surface area contributed by atoms with Crippen LogP contribution in [0.3, 0.4) is 0 Å². The first kappa shape index (κ1) is 31.4. The molecule has 0 radical (unpaired) electrons. The molecule has 0 spiro atoms. The second-order valence-electron chi connectivity index (χ2n) is 17.8. The van der Waals surface area contributed by atoms with Crippen molar-refractivity contribution in [2.45, 2.75) is 136 Å². The van der Waals surface area contributed by atoms with Gasteiger partial charge in [0.25, 0.3) is 0 Å². The molecule has 4 fully saturated rings. The van der Waals surface area contributed by atoms with Crippen molar-refractivity contribution < 1.29 is 24.9 Å². The Kier molecular flexibility index (Phi) is 6.74. The second kappa shape index (κ2) is 9.67. The molecule has 0 unspecified atom stereocenters. The Labute approximate surface area is 268 Å². The van der Waals surface area contributed by atoms with Gasteiger partial charge in [-0.3, -0.25) is 0 Å². The largest absolute Gasteiger partial charge is 0.476 e. The van der Waals surface area contributed by atoms with Crippen LogP contribution < -0.4 is 0 Å². The van der Waals surface area contributed by atoms with Crippen molar-refractivity contribution in [2.24, 2.45) is 39.9 Å². The minimum absolute atomic E-state index is 0.0903. The maximum atomic E-state index is 12.7. The number of carboxylic acid groups (broad SMARTS) is 1. The van der Waals surface area contributed by atoms with E-state index < -0.39 is 29.0 Å². The molecule has 4 aliphatic carbocycles. The Bertz CT molecular complexity index is 1520. The number of aliphatic hydroxyl groups is 2. The van der Waals surface area contributed by atoms with E-state index in [9.17, 15) is 20.1 Å². The van der Waals surface area contributed by atoms with Crippen LogP contribution in [0.2, 0.25) is 0 Å². The number of carbonyl (C=O) groups is 1. The van der Waals surface area contributed by atoms with Gasteiger partial charge in [0.15, 0.2) is 5.69 Å². The molecule has 0 amide bonds. The van der Waals surface area contributed by atoms with Crippen LogP contribution in [-0.2, 0) is 16.6 Å². The van der Waals surface area contributed by atoms with E-state index in [2.05, 4.69) is 55.4 Å². The van der Waals surface area contributed by atoms with E-state index in [-0.39, 0.29) is 51.4 Å². The van der Waals surface area contributed by atoms with Crippen LogP contribution >= 0.6 is 0 Å². The summed E-state index contributed by atoms with van der Waals surface area (Å²) in [7, 11) is 0. The van der Waals surface area contributed by atoms with Gasteiger partial charge in [-0.1, -0.05) is 52.8 Å². The van der Waals surface area contributed by atoms with Crippen molar-refractivity contribution in [1.29, 1.82) is 0 Å². The Morgan fingerprint density at radius 2 is 1.62 bits per heavy atom. The fraction of sp³-hybridized carbons (Fsp3) is 0.737. The SMILES string of the molecule is CC1(C)CCC[C@](C)([C@H]2CC[C@]3(C)[C@@H]2[C@H](O)C[C@@H]2[C@@]4(C)Cc5c(C(=O)O)nn(-c6ccccc6)c5C(C)(C)[C@@H]4[C@H](O)C[C@]23C)O1. The molecule has 2 heterocycles. The number of aliphatic hydroxyl groups excluding tert-OH is 2. The lowest BCUT2D eigenvalue weighted by Crippen LogP contribution is -2.69. The number of aromatic nitrogens is 2. The summed E-state index contributed by atoms with van der Waals surface area (Å²) in [5, 5.41) is 39.9. The van der Waals surface area contributed by atoms with Gasteiger partial charge in [0, 0.05) is 16.9 Å². The van der Waals surface area contributed by atoms with Gasteiger partial charge >= 0.3 is 5.97 Å². The number of para-hydroxylation sites is 1. The first-order valence-corrected chi connectivity index (χ1v) is 17.4. The van der Waals surface area contributed by atoms with Gasteiger partial charge in [0.05, 0.1) is 34.8 Å². The Morgan fingerprint density at radius 1 is 0.933 bits per heavy atom. The van der Waals surface area contributed by atoms with Crippen LogP contribution in [0.15, 0.2) is 30.3 Å².